The predicted molar refractivity (Wildman–Crippen MR) is 131 cm³/mol. The Hall–Kier alpha value is -3.17. The monoisotopic (exact) mass is 517 g/mol. The predicted octanol–water partition coefficient (Wildman–Crippen LogP) is 4.75. The minimum atomic E-state index is -0.453. The molecule has 1 saturated carbocycles. The average Bonchev–Trinajstić information content (AvgIpc) is 3.34. The maximum atomic E-state index is 13.7. The van der Waals surface area contributed by atoms with Crippen LogP contribution in [0, 0.1) is 5.82 Å². The highest BCUT2D eigenvalue weighted by atomic mass is 35.5. The number of rotatable bonds is 9. The molecule has 2 N–H and O–H groups in total. The molecule has 0 bridgehead atoms. The van der Waals surface area contributed by atoms with Crippen LogP contribution in [0.3, 0.4) is 0 Å². The Kier molecular flexibility index (Phi) is 8.54. The summed E-state index contributed by atoms with van der Waals surface area (Å²) < 4.78 is 24.7. The molecule has 0 unspecified atom stereocenters. The van der Waals surface area contributed by atoms with E-state index in [1.807, 2.05) is 0 Å². The molecule has 4 rings (SSSR count). The summed E-state index contributed by atoms with van der Waals surface area (Å²) >= 11 is 7.13. The lowest BCUT2D eigenvalue weighted by Crippen LogP contribution is -2.54. The van der Waals surface area contributed by atoms with Gasteiger partial charge in [-0.1, -0.05) is 36.6 Å². The largest absolute Gasteiger partial charge is 0.484 e. The van der Waals surface area contributed by atoms with Gasteiger partial charge < -0.3 is 20.1 Å². The average molecular weight is 518 g/mol. The van der Waals surface area contributed by atoms with Crippen LogP contribution in [0.15, 0.2) is 53.9 Å². The molecule has 1 heterocycles. The third-order valence-electron chi connectivity index (χ3n) is 5.58. The van der Waals surface area contributed by atoms with Gasteiger partial charge in [-0.15, -0.1) is 11.3 Å². The van der Waals surface area contributed by atoms with Crippen LogP contribution in [0.2, 0.25) is 5.02 Å². The maximum Gasteiger partial charge on any atom is 0.271 e. The number of carbonyl (C=O) groups excluding carboxylic acids is 2. The molecule has 10 heteroatoms. The van der Waals surface area contributed by atoms with E-state index < -0.39 is 5.82 Å². The van der Waals surface area contributed by atoms with Crippen LogP contribution in [-0.4, -0.2) is 35.5 Å². The van der Waals surface area contributed by atoms with Gasteiger partial charge in [-0.2, -0.15) is 0 Å². The zero-order chi connectivity index (χ0) is 24.6. The number of halogens is 2. The summed E-state index contributed by atoms with van der Waals surface area (Å²) in [4.78, 5) is 29.6. The zero-order valence-electron chi connectivity index (χ0n) is 18.8. The first kappa shape index (κ1) is 24.9. The van der Waals surface area contributed by atoms with Crippen molar-refractivity contribution >= 4 is 34.8 Å². The van der Waals surface area contributed by atoms with Gasteiger partial charge in [0.15, 0.2) is 18.2 Å². The molecule has 1 aliphatic rings. The molecule has 0 saturated heterocycles. The van der Waals surface area contributed by atoms with E-state index in [9.17, 15) is 14.0 Å². The summed E-state index contributed by atoms with van der Waals surface area (Å²) in [5.74, 6) is -0.342. The smallest absolute Gasteiger partial charge is 0.271 e. The molecule has 184 valence electrons. The molecule has 2 aromatic carbocycles. The van der Waals surface area contributed by atoms with Crippen LogP contribution in [0.25, 0.3) is 0 Å². The van der Waals surface area contributed by atoms with Crippen molar-refractivity contribution in [3.05, 3.63) is 75.5 Å². The van der Waals surface area contributed by atoms with Crippen molar-refractivity contribution in [2.75, 3.05) is 6.61 Å². The standard InChI is InChI=1S/C25H25ClFN3O4S/c26-16-9-11-17(12-10-16)33-13-23(31)28-19-6-2-3-7-20(19)30-25(32)21-15-35-24(29-21)14-34-22-8-4-1-5-18(22)27/h1,4-5,8-12,15,19-20H,2-3,6-7,13-14H2,(H,28,31)(H,30,32)/t19-,20+/m1/s1. The highest BCUT2D eigenvalue weighted by molar-refractivity contribution is 7.09. The van der Waals surface area contributed by atoms with E-state index in [0.29, 0.717) is 15.8 Å². The number of hydrogen-bond donors (Lipinski definition) is 2. The second-order valence-corrected chi connectivity index (χ2v) is 9.51. The van der Waals surface area contributed by atoms with Gasteiger partial charge >= 0.3 is 0 Å². The minimum Gasteiger partial charge on any atom is -0.484 e. The second kappa shape index (κ2) is 12.0. The van der Waals surface area contributed by atoms with Crippen molar-refractivity contribution in [3.63, 3.8) is 0 Å². The van der Waals surface area contributed by atoms with Crippen LogP contribution in [-0.2, 0) is 11.4 Å². The fourth-order valence-corrected chi connectivity index (χ4v) is 4.64. The van der Waals surface area contributed by atoms with Crippen LogP contribution >= 0.6 is 22.9 Å². The molecular weight excluding hydrogens is 493 g/mol. The number of aromatic nitrogens is 1. The molecule has 2 atom stereocenters. The number of nitrogens with one attached hydrogen (secondary N) is 2. The van der Waals surface area contributed by atoms with E-state index in [1.165, 1.54) is 23.5 Å². The van der Waals surface area contributed by atoms with Crippen LogP contribution < -0.4 is 20.1 Å². The Morgan fingerprint density at radius 2 is 1.74 bits per heavy atom. The summed E-state index contributed by atoms with van der Waals surface area (Å²) in [5.41, 5.74) is 0.267. The Labute approximate surface area is 211 Å². The topological polar surface area (TPSA) is 89.6 Å². The summed E-state index contributed by atoms with van der Waals surface area (Å²) in [6.07, 6.45) is 3.43. The lowest BCUT2D eigenvalue weighted by molar-refractivity contribution is -0.124. The van der Waals surface area contributed by atoms with Crippen molar-refractivity contribution in [2.24, 2.45) is 0 Å². The first-order valence-corrected chi connectivity index (χ1v) is 12.5. The minimum absolute atomic E-state index is 0.0641. The normalized spacial score (nSPS) is 17.4. The zero-order valence-corrected chi connectivity index (χ0v) is 20.4. The fraction of sp³-hybridized carbons (Fsp3) is 0.320. The van der Waals surface area contributed by atoms with Gasteiger partial charge in [0.2, 0.25) is 0 Å². The van der Waals surface area contributed by atoms with Crippen LogP contribution in [0.1, 0.15) is 41.2 Å². The molecule has 35 heavy (non-hydrogen) atoms. The Balaban J connectivity index is 1.28. The lowest BCUT2D eigenvalue weighted by atomic mass is 9.90. The fourth-order valence-electron chi connectivity index (χ4n) is 3.83. The molecule has 0 radical (unpaired) electrons. The third-order valence-corrected chi connectivity index (χ3v) is 6.66. The summed E-state index contributed by atoms with van der Waals surface area (Å²) in [6, 6.07) is 12.5. The molecule has 1 aromatic heterocycles. The van der Waals surface area contributed by atoms with Crippen molar-refractivity contribution < 1.29 is 23.5 Å². The summed E-state index contributed by atoms with van der Waals surface area (Å²) in [6.45, 7) is -0.0646. The van der Waals surface area contributed by atoms with Gasteiger partial charge in [0.1, 0.15) is 23.1 Å². The third kappa shape index (κ3) is 7.16. The maximum absolute atomic E-state index is 13.7. The number of carbonyl (C=O) groups is 2. The van der Waals surface area contributed by atoms with Crippen molar-refractivity contribution in [1.29, 1.82) is 0 Å². The van der Waals surface area contributed by atoms with Crippen LogP contribution in [0.4, 0.5) is 4.39 Å². The van der Waals surface area contributed by atoms with Gasteiger partial charge in [-0.25, -0.2) is 9.37 Å². The van der Waals surface area contributed by atoms with Crippen molar-refractivity contribution in [3.8, 4) is 11.5 Å². The first-order valence-electron chi connectivity index (χ1n) is 11.3. The molecule has 1 fully saturated rings. The molecule has 7 nitrogen and oxygen atoms in total. The number of para-hydroxylation sites is 1. The number of benzene rings is 2. The number of amides is 2. The van der Waals surface area contributed by atoms with Crippen molar-refractivity contribution in [2.45, 2.75) is 44.4 Å². The molecular formula is C25H25ClFN3O4S. The number of thiazole rings is 1. The lowest BCUT2D eigenvalue weighted by Gasteiger charge is -2.32. The van der Waals surface area contributed by atoms with Crippen LogP contribution in [0.5, 0.6) is 11.5 Å². The highest BCUT2D eigenvalue weighted by Crippen LogP contribution is 2.21. The summed E-state index contributed by atoms with van der Waals surface area (Å²) in [5, 5.41) is 8.78. The Morgan fingerprint density at radius 3 is 2.49 bits per heavy atom. The van der Waals surface area contributed by atoms with E-state index in [1.54, 1.807) is 41.8 Å². The highest BCUT2D eigenvalue weighted by Gasteiger charge is 2.28. The Bertz CT molecular complexity index is 1160. The van der Waals surface area contributed by atoms with E-state index in [-0.39, 0.29) is 48.6 Å². The van der Waals surface area contributed by atoms with Gasteiger partial charge in [-0.05, 0) is 49.2 Å². The molecule has 0 spiro atoms. The first-order chi connectivity index (χ1) is 17.0. The second-order valence-electron chi connectivity index (χ2n) is 8.13. The summed E-state index contributed by atoms with van der Waals surface area (Å²) in [7, 11) is 0. The molecule has 3 aromatic rings. The van der Waals surface area contributed by atoms with E-state index in [2.05, 4.69) is 15.6 Å². The molecule has 0 aliphatic heterocycles. The van der Waals surface area contributed by atoms with E-state index >= 15 is 0 Å². The number of nitrogens with zero attached hydrogens (tertiary/aromatic N) is 1. The SMILES string of the molecule is O=C(COc1ccc(Cl)cc1)N[C@@H]1CCCC[C@@H]1NC(=O)c1csc(COc2ccccc2F)n1. The molecule has 1 aliphatic carbocycles. The van der Waals surface area contributed by atoms with Gasteiger partial charge in [0.05, 0.1) is 0 Å². The molecule has 2 amide bonds. The number of hydrogen-bond acceptors (Lipinski definition) is 6. The van der Waals surface area contributed by atoms with E-state index in [4.69, 9.17) is 21.1 Å². The van der Waals surface area contributed by atoms with Gasteiger partial charge in [-0.3, -0.25) is 9.59 Å². The number of ether oxygens (including phenoxy) is 2. The van der Waals surface area contributed by atoms with Gasteiger partial charge in [0.25, 0.3) is 11.8 Å². The van der Waals surface area contributed by atoms with E-state index in [0.717, 1.165) is 25.7 Å². The van der Waals surface area contributed by atoms with Gasteiger partial charge in [0, 0.05) is 22.5 Å². The Morgan fingerprint density at radius 1 is 1.03 bits per heavy atom. The quantitative estimate of drug-likeness (QED) is 0.427. The van der Waals surface area contributed by atoms with Crippen molar-refractivity contribution in [1.82, 2.24) is 15.6 Å².